The number of hydrogen-bond donors (Lipinski definition) is 1. The van der Waals surface area contributed by atoms with Crippen LogP contribution in [0.2, 0.25) is 0 Å². The third-order valence-corrected chi connectivity index (χ3v) is 5.81. The molecule has 0 radical (unpaired) electrons. The molecule has 3 aromatic rings. The largest absolute Gasteiger partial charge is 0.447 e. The van der Waals surface area contributed by atoms with Crippen molar-refractivity contribution in [3.63, 3.8) is 0 Å². The van der Waals surface area contributed by atoms with Gasteiger partial charge in [-0.2, -0.15) is 0 Å². The summed E-state index contributed by atoms with van der Waals surface area (Å²) in [6.45, 7) is 11.7. The molecule has 0 saturated carbocycles. The van der Waals surface area contributed by atoms with E-state index in [4.69, 9.17) is 4.42 Å². The Hall–Kier alpha value is -2.92. The van der Waals surface area contributed by atoms with Gasteiger partial charge in [0.1, 0.15) is 6.26 Å². The number of aryl methyl sites for hydroxylation is 2. The molecule has 2 unspecified atom stereocenters. The van der Waals surface area contributed by atoms with Crippen molar-refractivity contribution in [3.8, 4) is 0 Å². The fourth-order valence-electron chi connectivity index (χ4n) is 3.58. The second kappa shape index (κ2) is 10.4. The molecule has 0 aliphatic carbocycles. The summed E-state index contributed by atoms with van der Waals surface area (Å²) in [5.74, 6) is 0.350. The van der Waals surface area contributed by atoms with Gasteiger partial charge in [0.25, 0.3) is 5.91 Å². The average molecular weight is 420 g/mol. The molecule has 0 bridgehead atoms. The van der Waals surface area contributed by atoms with Crippen LogP contribution >= 0.6 is 0 Å². The van der Waals surface area contributed by atoms with Gasteiger partial charge in [-0.1, -0.05) is 61.0 Å². The summed E-state index contributed by atoms with van der Waals surface area (Å²) in [6, 6.07) is 17.2. The first-order valence-electron chi connectivity index (χ1n) is 11.0. The van der Waals surface area contributed by atoms with Gasteiger partial charge in [-0.3, -0.25) is 9.69 Å². The van der Waals surface area contributed by atoms with Crippen LogP contribution in [-0.2, 0) is 13.1 Å². The maximum atomic E-state index is 12.4. The molecule has 31 heavy (non-hydrogen) atoms. The van der Waals surface area contributed by atoms with Crippen molar-refractivity contribution >= 4 is 5.91 Å². The predicted molar refractivity (Wildman–Crippen MR) is 124 cm³/mol. The lowest BCUT2D eigenvalue weighted by Gasteiger charge is -2.29. The molecule has 1 heterocycles. The number of oxazole rings is 1. The fourth-order valence-corrected chi connectivity index (χ4v) is 3.58. The first-order valence-corrected chi connectivity index (χ1v) is 11.0. The number of carbonyl (C=O) groups excluding carboxylic acids is 1. The Bertz CT molecular complexity index is 997. The van der Waals surface area contributed by atoms with Crippen molar-refractivity contribution in [2.24, 2.45) is 0 Å². The van der Waals surface area contributed by atoms with E-state index in [0.29, 0.717) is 18.1 Å². The lowest BCUT2D eigenvalue weighted by molar-refractivity contribution is 0.0934. The minimum Gasteiger partial charge on any atom is -0.447 e. The maximum absolute atomic E-state index is 12.4. The van der Waals surface area contributed by atoms with E-state index in [1.165, 1.54) is 28.5 Å². The highest BCUT2D eigenvalue weighted by atomic mass is 16.3. The molecule has 2 aromatic carbocycles. The summed E-state index contributed by atoms with van der Waals surface area (Å²) in [7, 11) is 0. The highest BCUT2D eigenvalue weighted by Crippen LogP contribution is 2.25. The molecule has 1 amide bonds. The number of aromatic nitrogens is 1. The smallest absolute Gasteiger partial charge is 0.273 e. The molecule has 0 spiro atoms. The van der Waals surface area contributed by atoms with Gasteiger partial charge in [-0.05, 0) is 50.8 Å². The maximum Gasteiger partial charge on any atom is 0.273 e. The van der Waals surface area contributed by atoms with Crippen molar-refractivity contribution in [1.29, 1.82) is 0 Å². The van der Waals surface area contributed by atoms with Crippen molar-refractivity contribution in [1.82, 2.24) is 15.2 Å². The Labute approximate surface area is 185 Å². The summed E-state index contributed by atoms with van der Waals surface area (Å²) in [5.41, 5.74) is 5.36. The lowest BCUT2D eigenvalue weighted by Crippen LogP contribution is -2.32. The van der Waals surface area contributed by atoms with Gasteiger partial charge in [0.2, 0.25) is 5.89 Å². The Balaban J connectivity index is 1.82. The SMILES string of the molecule is CCC(C)NC(=O)c1coc(CN(Cc2ccc(C)cc2C)C(C)c2ccccc2)n1. The summed E-state index contributed by atoms with van der Waals surface area (Å²) in [4.78, 5) is 19.2. The predicted octanol–water partition coefficient (Wildman–Crippen LogP) is 5.58. The van der Waals surface area contributed by atoms with Crippen molar-refractivity contribution in [2.75, 3.05) is 0 Å². The number of rotatable bonds is 9. The number of hydrogen-bond acceptors (Lipinski definition) is 4. The van der Waals surface area contributed by atoms with Crippen LogP contribution in [0.15, 0.2) is 59.2 Å². The van der Waals surface area contributed by atoms with Crippen LogP contribution in [0.1, 0.15) is 71.9 Å². The molecule has 0 aliphatic rings. The number of nitrogens with one attached hydrogen (secondary N) is 1. The van der Waals surface area contributed by atoms with Gasteiger partial charge >= 0.3 is 0 Å². The van der Waals surface area contributed by atoms with E-state index in [2.05, 4.69) is 78.4 Å². The Kier molecular flexibility index (Phi) is 7.64. The molecular weight excluding hydrogens is 386 g/mol. The highest BCUT2D eigenvalue weighted by Gasteiger charge is 2.21. The summed E-state index contributed by atoms with van der Waals surface area (Å²) in [6.07, 6.45) is 2.32. The number of carbonyl (C=O) groups is 1. The first-order chi connectivity index (χ1) is 14.9. The van der Waals surface area contributed by atoms with Crippen LogP contribution in [0.25, 0.3) is 0 Å². The van der Waals surface area contributed by atoms with Gasteiger partial charge in [0.15, 0.2) is 5.69 Å². The third-order valence-electron chi connectivity index (χ3n) is 5.81. The lowest BCUT2D eigenvalue weighted by atomic mass is 10.0. The zero-order chi connectivity index (χ0) is 22.4. The van der Waals surface area contributed by atoms with E-state index < -0.39 is 0 Å². The second-order valence-corrected chi connectivity index (χ2v) is 8.33. The van der Waals surface area contributed by atoms with Crippen LogP contribution in [-0.4, -0.2) is 21.8 Å². The summed E-state index contributed by atoms with van der Waals surface area (Å²) < 4.78 is 5.69. The normalized spacial score (nSPS) is 13.2. The van der Waals surface area contributed by atoms with Gasteiger partial charge in [0.05, 0.1) is 6.54 Å². The van der Waals surface area contributed by atoms with E-state index in [1.54, 1.807) is 0 Å². The van der Waals surface area contributed by atoms with Gasteiger partial charge in [0, 0.05) is 18.6 Å². The first kappa shape index (κ1) is 22.8. The van der Waals surface area contributed by atoms with E-state index in [1.807, 2.05) is 19.9 Å². The quantitative estimate of drug-likeness (QED) is 0.492. The minimum atomic E-state index is -0.193. The third kappa shape index (κ3) is 6.05. The molecule has 0 aliphatic heterocycles. The molecule has 1 N–H and O–H groups in total. The molecule has 0 saturated heterocycles. The topological polar surface area (TPSA) is 58.4 Å². The van der Waals surface area contributed by atoms with Gasteiger partial charge < -0.3 is 9.73 Å². The molecule has 3 rings (SSSR count). The van der Waals surface area contributed by atoms with Crippen molar-refractivity contribution < 1.29 is 9.21 Å². The number of amides is 1. The zero-order valence-corrected chi connectivity index (χ0v) is 19.2. The highest BCUT2D eigenvalue weighted by molar-refractivity contribution is 5.92. The average Bonchev–Trinajstić information content (AvgIpc) is 3.23. The summed E-state index contributed by atoms with van der Waals surface area (Å²) >= 11 is 0. The molecule has 5 nitrogen and oxygen atoms in total. The molecule has 5 heteroatoms. The monoisotopic (exact) mass is 419 g/mol. The van der Waals surface area contributed by atoms with Crippen LogP contribution in [0.4, 0.5) is 0 Å². The molecule has 0 fully saturated rings. The second-order valence-electron chi connectivity index (χ2n) is 8.33. The van der Waals surface area contributed by atoms with E-state index in [-0.39, 0.29) is 18.0 Å². The zero-order valence-electron chi connectivity index (χ0n) is 19.2. The molecule has 1 aromatic heterocycles. The van der Waals surface area contributed by atoms with Crippen molar-refractivity contribution in [2.45, 2.75) is 66.2 Å². The number of nitrogens with zero attached hydrogens (tertiary/aromatic N) is 2. The Morgan fingerprint density at radius 1 is 1.10 bits per heavy atom. The molecule has 2 atom stereocenters. The van der Waals surface area contributed by atoms with Crippen LogP contribution in [0, 0.1) is 13.8 Å². The molecule has 164 valence electrons. The van der Waals surface area contributed by atoms with E-state index in [0.717, 1.165) is 13.0 Å². The molecular formula is C26H33N3O2. The summed E-state index contributed by atoms with van der Waals surface area (Å²) in [5, 5.41) is 2.94. The van der Waals surface area contributed by atoms with Crippen molar-refractivity contribution in [3.05, 3.63) is 88.6 Å². The fraction of sp³-hybridized carbons (Fsp3) is 0.385. The Morgan fingerprint density at radius 3 is 2.52 bits per heavy atom. The Morgan fingerprint density at radius 2 is 1.84 bits per heavy atom. The van der Waals surface area contributed by atoms with Crippen LogP contribution in [0.5, 0.6) is 0 Å². The van der Waals surface area contributed by atoms with Gasteiger partial charge in [-0.25, -0.2) is 4.98 Å². The minimum absolute atomic E-state index is 0.103. The van der Waals surface area contributed by atoms with E-state index >= 15 is 0 Å². The van der Waals surface area contributed by atoms with Gasteiger partial charge in [-0.15, -0.1) is 0 Å². The van der Waals surface area contributed by atoms with Crippen LogP contribution < -0.4 is 5.32 Å². The van der Waals surface area contributed by atoms with Crippen LogP contribution in [0.3, 0.4) is 0 Å². The standard InChI is InChI=1S/C26H33N3O2/c1-6-20(4)27-26(30)24-17-31-25(28-24)16-29(21(5)22-10-8-7-9-11-22)15-23-13-12-18(2)14-19(23)3/h7-14,17,20-21H,6,15-16H2,1-5H3,(H,27,30). The van der Waals surface area contributed by atoms with E-state index in [9.17, 15) is 4.79 Å². The number of benzene rings is 2.